The number of aromatic nitrogens is 1. The summed E-state index contributed by atoms with van der Waals surface area (Å²) in [6, 6.07) is 18.9. The maximum atomic E-state index is 13.0. The van der Waals surface area contributed by atoms with Crippen molar-refractivity contribution in [2.24, 2.45) is 0 Å². The Labute approximate surface area is 229 Å². The van der Waals surface area contributed by atoms with Gasteiger partial charge < -0.3 is 15.3 Å². The average Bonchev–Trinajstić information content (AvgIpc) is 3.61. The second kappa shape index (κ2) is 11.6. The van der Waals surface area contributed by atoms with Crippen molar-refractivity contribution in [3.05, 3.63) is 99.9 Å². The number of amides is 1. The van der Waals surface area contributed by atoms with Crippen molar-refractivity contribution in [3.63, 3.8) is 0 Å². The molecule has 1 amide bonds. The normalized spacial score (nSPS) is 12.8. The third kappa shape index (κ3) is 6.32. The third-order valence-electron chi connectivity index (χ3n) is 6.80. The monoisotopic (exact) mass is 551 g/mol. The molecule has 0 aliphatic heterocycles. The number of aliphatic hydroxyl groups is 1. The fourth-order valence-corrected chi connectivity index (χ4v) is 5.53. The zero-order valence-corrected chi connectivity index (χ0v) is 22.0. The number of rotatable bonds is 9. The van der Waals surface area contributed by atoms with E-state index in [0.29, 0.717) is 36.3 Å². The standard InChI is InChI=1S/C30H28F3N3O2S/c31-30(32,33)25-12-9-22(10-13-25)27-19-39-29(35-27)36(26-14-11-21-3-1-4-24(21)17-26)18-20-5-7-23(8-6-20)28(38)34-15-2-16-37/h5-14,17,19,37H,1-4,15-16,18H2,(H,34,38). The zero-order valence-electron chi connectivity index (χ0n) is 21.2. The summed E-state index contributed by atoms with van der Waals surface area (Å²) in [5.41, 5.74) is 5.75. The molecule has 1 aromatic heterocycles. The minimum Gasteiger partial charge on any atom is -0.396 e. The maximum Gasteiger partial charge on any atom is 0.416 e. The number of carbonyl (C=O) groups is 1. The van der Waals surface area contributed by atoms with Crippen LogP contribution in [0.15, 0.2) is 72.1 Å². The van der Waals surface area contributed by atoms with Gasteiger partial charge in [0.1, 0.15) is 0 Å². The van der Waals surface area contributed by atoms with Gasteiger partial charge in [-0.25, -0.2) is 4.98 Å². The summed E-state index contributed by atoms with van der Waals surface area (Å²) in [7, 11) is 0. The number of thiazole rings is 1. The number of halogens is 3. The summed E-state index contributed by atoms with van der Waals surface area (Å²) in [6.45, 7) is 0.939. The molecule has 2 N–H and O–H groups in total. The molecular formula is C30H28F3N3O2S. The van der Waals surface area contributed by atoms with Crippen LogP contribution in [0.5, 0.6) is 0 Å². The lowest BCUT2D eigenvalue weighted by atomic mass is 10.1. The average molecular weight is 552 g/mol. The van der Waals surface area contributed by atoms with E-state index in [1.807, 2.05) is 17.5 Å². The van der Waals surface area contributed by atoms with Gasteiger partial charge >= 0.3 is 6.18 Å². The summed E-state index contributed by atoms with van der Waals surface area (Å²) in [6.07, 6.45) is -0.637. The Kier molecular flexibility index (Phi) is 7.99. The molecular weight excluding hydrogens is 523 g/mol. The second-order valence-electron chi connectivity index (χ2n) is 9.51. The van der Waals surface area contributed by atoms with Gasteiger partial charge in [0.25, 0.3) is 5.91 Å². The Morgan fingerprint density at radius 1 is 1.00 bits per heavy atom. The molecule has 0 saturated heterocycles. The highest BCUT2D eigenvalue weighted by Crippen LogP contribution is 2.37. The van der Waals surface area contributed by atoms with Crippen LogP contribution >= 0.6 is 11.3 Å². The lowest BCUT2D eigenvalue weighted by Gasteiger charge is -2.23. The number of fused-ring (bicyclic) bond motifs is 1. The number of aryl methyl sites for hydroxylation is 2. The van der Waals surface area contributed by atoms with E-state index in [1.165, 1.54) is 34.6 Å². The first kappa shape index (κ1) is 26.9. The first-order chi connectivity index (χ1) is 18.8. The second-order valence-corrected chi connectivity index (χ2v) is 10.3. The molecule has 202 valence electrons. The molecule has 1 heterocycles. The van der Waals surface area contributed by atoms with E-state index in [0.717, 1.165) is 47.8 Å². The van der Waals surface area contributed by atoms with E-state index in [1.54, 1.807) is 12.1 Å². The number of nitrogens with zero attached hydrogens (tertiary/aromatic N) is 2. The summed E-state index contributed by atoms with van der Waals surface area (Å²) in [5, 5.41) is 14.3. The van der Waals surface area contributed by atoms with Crippen molar-refractivity contribution in [2.75, 3.05) is 18.1 Å². The maximum absolute atomic E-state index is 13.0. The highest BCUT2D eigenvalue weighted by atomic mass is 32.1. The lowest BCUT2D eigenvalue weighted by molar-refractivity contribution is -0.137. The zero-order chi connectivity index (χ0) is 27.4. The molecule has 5 nitrogen and oxygen atoms in total. The number of aliphatic hydroxyl groups excluding tert-OH is 1. The number of benzene rings is 3. The third-order valence-corrected chi connectivity index (χ3v) is 7.67. The quantitative estimate of drug-likeness (QED) is 0.226. The molecule has 4 aromatic rings. The van der Waals surface area contributed by atoms with Crippen molar-refractivity contribution in [3.8, 4) is 11.3 Å². The van der Waals surface area contributed by atoms with E-state index < -0.39 is 11.7 Å². The molecule has 1 aliphatic carbocycles. The number of anilines is 2. The van der Waals surface area contributed by atoms with Crippen molar-refractivity contribution in [2.45, 2.75) is 38.4 Å². The topological polar surface area (TPSA) is 65.5 Å². The van der Waals surface area contributed by atoms with Gasteiger partial charge in [-0.1, -0.05) is 30.3 Å². The largest absolute Gasteiger partial charge is 0.416 e. The molecule has 0 spiro atoms. The van der Waals surface area contributed by atoms with Crippen molar-refractivity contribution >= 4 is 28.1 Å². The Morgan fingerprint density at radius 3 is 2.46 bits per heavy atom. The highest BCUT2D eigenvalue weighted by Gasteiger charge is 2.30. The minimum absolute atomic E-state index is 0.0229. The first-order valence-corrected chi connectivity index (χ1v) is 13.7. The van der Waals surface area contributed by atoms with Gasteiger partial charge in [0.2, 0.25) is 0 Å². The number of alkyl halides is 3. The molecule has 0 unspecified atom stereocenters. The molecule has 0 atom stereocenters. The number of nitrogens with one attached hydrogen (secondary N) is 1. The molecule has 39 heavy (non-hydrogen) atoms. The van der Waals surface area contributed by atoms with Crippen LogP contribution in [-0.2, 0) is 25.6 Å². The van der Waals surface area contributed by atoms with Crippen LogP contribution in [0, 0.1) is 0 Å². The number of hydrogen-bond acceptors (Lipinski definition) is 5. The van der Waals surface area contributed by atoms with Crippen LogP contribution in [-0.4, -0.2) is 29.1 Å². The van der Waals surface area contributed by atoms with Crippen molar-refractivity contribution in [1.29, 1.82) is 0 Å². The van der Waals surface area contributed by atoms with Crippen LogP contribution in [0.4, 0.5) is 24.0 Å². The van der Waals surface area contributed by atoms with Crippen LogP contribution in [0.1, 0.15) is 45.5 Å². The van der Waals surface area contributed by atoms with E-state index in [-0.39, 0.29) is 12.5 Å². The Hall–Kier alpha value is -3.69. The Balaban J connectivity index is 1.41. The fourth-order valence-electron chi connectivity index (χ4n) is 4.67. The van der Waals surface area contributed by atoms with E-state index in [9.17, 15) is 18.0 Å². The van der Waals surface area contributed by atoms with Crippen LogP contribution < -0.4 is 10.2 Å². The summed E-state index contributed by atoms with van der Waals surface area (Å²) in [4.78, 5) is 19.3. The molecule has 5 rings (SSSR count). The van der Waals surface area contributed by atoms with Gasteiger partial charge in [-0.3, -0.25) is 4.79 Å². The molecule has 0 saturated carbocycles. The van der Waals surface area contributed by atoms with Gasteiger partial charge in [0.15, 0.2) is 5.13 Å². The molecule has 9 heteroatoms. The molecule has 1 aliphatic rings. The van der Waals surface area contributed by atoms with Crippen molar-refractivity contribution < 1.29 is 23.1 Å². The van der Waals surface area contributed by atoms with Gasteiger partial charge in [-0.05, 0) is 78.8 Å². The predicted molar refractivity (Wildman–Crippen MR) is 147 cm³/mol. The Morgan fingerprint density at radius 2 is 1.74 bits per heavy atom. The lowest BCUT2D eigenvalue weighted by Crippen LogP contribution is -2.25. The van der Waals surface area contributed by atoms with E-state index in [4.69, 9.17) is 10.1 Å². The highest BCUT2D eigenvalue weighted by molar-refractivity contribution is 7.14. The van der Waals surface area contributed by atoms with Gasteiger partial charge in [-0.2, -0.15) is 13.2 Å². The summed E-state index contributed by atoms with van der Waals surface area (Å²) < 4.78 is 39.0. The molecule has 0 bridgehead atoms. The van der Waals surface area contributed by atoms with Gasteiger partial charge in [0, 0.05) is 35.3 Å². The molecule has 0 radical (unpaired) electrons. The van der Waals surface area contributed by atoms with Crippen molar-refractivity contribution in [1.82, 2.24) is 10.3 Å². The van der Waals surface area contributed by atoms with Crippen LogP contribution in [0.3, 0.4) is 0 Å². The van der Waals surface area contributed by atoms with Gasteiger partial charge in [-0.15, -0.1) is 11.3 Å². The van der Waals surface area contributed by atoms with Crippen LogP contribution in [0.2, 0.25) is 0 Å². The minimum atomic E-state index is -4.38. The van der Waals surface area contributed by atoms with E-state index in [2.05, 4.69) is 28.4 Å². The fraction of sp³-hybridized carbons (Fsp3) is 0.267. The predicted octanol–water partition coefficient (Wildman–Crippen LogP) is 6.77. The molecule has 3 aromatic carbocycles. The number of carbonyl (C=O) groups excluding carboxylic acids is 1. The Bertz CT molecular complexity index is 1430. The summed E-state index contributed by atoms with van der Waals surface area (Å²) in [5.74, 6) is -0.188. The first-order valence-electron chi connectivity index (χ1n) is 12.8. The smallest absolute Gasteiger partial charge is 0.396 e. The number of hydrogen-bond donors (Lipinski definition) is 2. The summed E-state index contributed by atoms with van der Waals surface area (Å²) >= 11 is 1.44. The van der Waals surface area contributed by atoms with E-state index >= 15 is 0 Å². The molecule has 0 fully saturated rings. The van der Waals surface area contributed by atoms with Gasteiger partial charge in [0.05, 0.1) is 17.8 Å². The SMILES string of the molecule is O=C(NCCCO)c1ccc(CN(c2ccc3c(c2)CCC3)c2nc(-c3ccc(C(F)(F)F)cc3)cs2)cc1. The van der Waals surface area contributed by atoms with Crippen LogP contribution in [0.25, 0.3) is 11.3 Å².